The zero-order valence-corrected chi connectivity index (χ0v) is 13.1. The lowest BCUT2D eigenvalue weighted by Crippen LogP contribution is -2.39. The second-order valence-electron chi connectivity index (χ2n) is 6.15. The minimum atomic E-state index is -0.0707. The molecule has 120 valence electrons. The summed E-state index contributed by atoms with van der Waals surface area (Å²) in [6.45, 7) is 2.46. The molecule has 7 nitrogen and oxygen atoms in total. The molecule has 1 aliphatic carbocycles. The SMILES string of the molecule is CN(C)C(=O)COCc1ncn2c1CN(C(=O)C1CC1)CC2. The van der Waals surface area contributed by atoms with Crippen molar-refractivity contribution in [2.24, 2.45) is 5.92 Å². The van der Waals surface area contributed by atoms with Crippen LogP contribution in [0.25, 0.3) is 0 Å². The monoisotopic (exact) mass is 306 g/mol. The maximum absolute atomic E-state index is 12.2. The predicted molar refractivity (Wildman–Crippen MR) is 78.7 cm³/mol. The van der Waals surface area contributed by atoms with Crippen LogP contribution in [0.15, 0.2) is 6.33 Å². The van der Waals surface area contributed by atoms with Crippen LogP contribution in [0.4, 0.5) is 0 Å². The summed E-state index contributed by atoms with van der Waals surface area (Å²) in [7, 11) is 3.40. The Labute approximate surface area is 129 Å². The summed E-state index contributed by atoms with van der Waals surface area (Å²) in [4.78, 5) is 31.5. The lowest BCUT2D eigenvalue weighted by Gasteiger charge is -2.29. The molecule has 1 saturated carbocycles. The second-order valence-corrected chi connectivity index (χ2v) is 6.15. The van der Waals surface area contributed by atoms with Gasteiger partial charge in [0.05, 0.1) is 30.9 Å². The topological polar surface area (TPSA) is 67.7 Å². The maximum atomic E-state index is 12.2. The van der Waals surface area contributed by atoms with Crippen LogP contribution in [0.5, 0.6) is 0 Å². The zero-order valence-electron chi connectivity index (χ0n) is 13.1. The highest BCUT2D eigenvalue weighted by atomic mass is 16.5. The first-order valence-corrected chi connectivity index (χ1v) is 7.66. The van der Waals surface area contributed by atoms with E-state index < -0.39 is 0 Å². The number of nitrogens with zero attached hydrogens (tertiary/aromatic N) is 4. The van der Waals surface area contributed by atoms with E-state index in [2.05, 4.69) is 9.55 Å². The number of fused-ring (bicyclic) bond motifs is 1. The van der Waals surface area contributed by atoms with Gasteiger partial charge in [-0.1, -0.05) is 0 Å². The van der Waals surface area contributed by atoms with Crippen molar-refractivity contribution in [1.29, 1.82) is 0 Å². The Morgan fingerprint density at radius 3 is 2.82 bits per heavy atom. The summed E-state index contributed by atoms with van der Waals surface area (Å²) in [5.41, 5.74) is 1.84. The van der Waals surface area contributed by atoms with Gasteiger partial charge in [0.2, 0.25) is 11.8 Å². The number of carbonyl (C=O) groups is 2. The number of hydrogen-bond donors (Lipinski definition) is 0. The highest BCUT2D eigenvalue weighted by molar-refractivity contribution is 5.81. The van der Waals surface area contributed by atoms with E-state index in [0.717, 1.165) is 37.3 Å². The van der Waals surface area contributed by atoms with Crippen LogP contribution in [0.1, 0.15) is 24.2 Å². The number of hydrogen-bond acceptors (Lipinski definition) is 4. The molecule has 0 bridgehead atoms. The van der Waals surface area contributed by atoms with Crippen molar-refractivity contribution in [3.63, 3.8) is 0 Å². The van der Waals surface area contributed by atoms with Crippen LogP contribution >= 0.6 is 0 Å². The van der Waals surface area contributed by atoms with Gasteiger partial charge >= 0.3 is 0 Å². The van der Waals surface area contributed by atoms with Gasteiger partial charge in [0.25, 0.3) is 0 Å². The number of carbonyl (C=O) groups excluding carboxylic acids is 2. The molecule has 1 aromatic rings. The van der Waals surface area contributed by atoms with Gasteiger partial charge < -0.3 is 19.1 Å². The van der Waals surface area contributed by atoms with E-state index in [4.69, 9.17) is 4.74 Å². The summed E-state index contributed by atoms with van der Waals surface area (Å²) in [5, 5.41) is 0. The summed E-state index contributed by atoms with van der Waals surface area (Å²) >= 11 is 0. The van der Waals surface area contributed by atoms with Gasteiger partial charge in [-0.3, -0.25) is 9.59 Å². The number of aromatic nitrogens is 2. The molecule has 0 saturated heterocycles. The Hall–Kier alpha value is -1.89. The van der Waals surface area contributed by atoms with E-state index in [-0.39, 0.29) is 24.3 Å². The van der Waals surface area contributed by atoms with Crippen molar-refractivity contribution >= 4 is 11.8 Å². The largest absolute Gasteiger partial charge is 0.365 e. The standard InChI is InChI=1S/C15H22N4O3/c1-17(2)14(20)9-22-8-12-13-7-18(15(21)11-3-4-11)5-6-19(13)10-16-12/h10-11H,3-9H2,1-2H3. The van der Waals surface area contributed by atoms with Crippen LogP contribution in [-0.2, 0) is 34.0 Å². The summed E-state index contributed by atoms with van der Waals surface area (Å²) in [5.74, 6) is 0.438. The van der Waals surface area contributed by atoms with Gasteiger partial charge in [0.1, 0.15) is 6.61 Å². The van der Waals surface area contributed by atoms with Gasteiger partial charge in [-0.2, -0.15) is 0 Å². The summed E-state index contributed by atoms with van der Waals surface area (Å²) < 4.78 is 7.52. The van der Waals surface area contributed by atoms with Crippen molar-refractivity contribution in [1.82, 2.24) is 19.4 Å². The summed E-state index contributed by atoms with van der Waals surface area (Å²) in [6.07, 6.45) is 3.84. The molecule has 0 unspecified atom stereocenters. The Kier molecular flexibility index (Phi) is 4.15. The van der Waals surface area contributed by atoms with Crippen molar-refractivity contribution in [3.8, 4) is 0 Å². The van der Waals surface area contributed by atoms with Crippen LogP contribution in [0.3, 0.4) is 0 Å². The number of amides is 2. The average molecular weight is 306 g/mol. The van der Waals surface area contributed by atoms with Gasteiger partial charge in [-0.15, -0.1) is 0 Å². The van der Waals surface area contributed by atoms with Crippen molar-refractivity contribution in [2.75, 3.05) is 27.2 Å². The molecule has 1 fully saturated rings. The van der Waals surface area contributed by atoms with E-state index in [1.807, 2.05) is 4.90 Å². The number of ether oxygens (including phenoxy) is 1. The lowest BCUT2D eigenvalue weighted by atomic mass is 10.2. The molecular formula is C15H22N4O3. The Morgan fingerprint density at radius 2 is 2.14 bits per heavy atom. The second kappa shape index (κ2) is 6.08. The Morgan fingerprint density at radius 1 is 1.36 bits per heavy atom. The Balaban J connectivity index is 1.59. The minimum Gasteiger partial charge on any atom is -0.365 e. The molecule has 0 atom stereocenters. The molecule has 0 radical (unpaired) electrons. The van der Waals surface area contributed by atoms with E-state index in [1.54, 1.807) is 20.4 Å². The fourth-order valence-electron chi connectivity index (χ4n) is 2.57. The predicted octanol–water partition coefficient (Wildman–Crippen LogP) is 0.240. The molecule has 0 N–H and O–H groups in total. The molecule has 2 amide bonds. The van der Waals surface area contributed by atoms with Crippen LogP contribution in [-0.4, -0.2) is 58.4 Å². The third kappa shape index (κ3) is 3.14. The highest BCUT2D eigenvalue weighted by Crippen LogP contribution is 2.32. The van der Waals surface area contributed by atoms with Crippen molar-refractivity contribution in [3.05, 3.63) is 17.7 Å². The average Bonchev–Trinajstić information content (AvgIpc) is 3.28. The first kappa shape index (κ1) is 15.0. The van der Waals surface area contributed by atoms with Gasteiger partial charge in [-0.25, -0.2) is 4.98 Å². The maximum Gasteiger partial charge on any atom is 0.248 e. The summed E-state index contributed by atoms with van der Waals surface area (Å²) in [6, 6.07) is 0. The molecule has 2 aliphatic rings. The van der Waals surface area contributed by atoms with Crippen LogP contribution in [0.2, 0.25) is 0 Å². The molecule has 3 rings (SSSR count). The highest BCUT2D eigenvalue weighted by Gasteiger charge is 2.35. The molecular weight excluding hydrogens is 284 g/mol. The van der Waals surface area contributed by atoms with Crippen LogP contribution in [0, 0.1) is 5.92 Å². The van der Waals surface area contributed by atoms with E-state index in [0.29, 0.717) is 13.2 Å². The van der Waals surface area contributed by atoms with E-state index in [9.17, 15) is 9.59 Å². The van der Waals surface area contributed by atoms with E-state index in [1.165, 1.54) is 4.90 Å². The minimum absolute atomic E-state index is 0.0457. The fraction of sp³-hybridized carbons (Fsp3) is 0.667. The molecule has 7 heteroatoms. The fourth-order valence-corrected chi connectivity index (χ4v) is 2.57. The van der Waals surface area contributed by atoms with Crippen molar-refractivity contribution < 1.29 is 14.3 Å². The first-order chi connectivity index (χ1) is 10.6. The number of imidazole rings is 1. The number of likely N-dealkylation sites (N-methyl/N-ethyl adjacent to an activating group) is 1. The smallest absolute Gasteiger partial charge is 0.248 e. The van der Waals surface area contributed by atoms with Gasteiger partial charge in [0, 0.05) is 33.1 Å². The number of rotatable bonds is 5. The molecule has 0 spiro atoms. The van der Waals surface area contributed by atoms with Gasteiger partial charge in [0.15, 0.2) is 0 Å². The molecule has 22 heavy (non-hydrogen) atoms. The molecule has 1 aromatic heterocycles. The van der Waals surface area contributed by atoms with Crippen LogP contribution < -0.4 is 0 Å². The van der Waals surface area contributed by atoms with Crippen molar-refractivity contribution in [2.45, 2.75) is 32.5 Å². The third-order valence-corrected chi connectivity index (χ3v) is 4.19. The third-order valence-electron chi connectivity index (χ3n) is 4.19. The van der Waals surface area contributed by atoms with E-state index >= 15 is 0 Å². The quantitative estimate of drug-likeness (QED) is 0.781. The Bertz CT molecular complexity index is 577. The molecule has 0 aromatic carbocycles. The van der Waals surface area contributed by atoms with Gasteiger partial charge in [-0.05, 0) is 12.8 Å². The lowest BCUT2D eigenvalue weighted by molar-refractivity contribution is -0.134. The molecule has 1 aliphatic heterocycles. The zero-order chi connectivity index (χ0) is 15.7. The normalized spacial score (nSPS) is 17.3. The molecule has 2 heterocycles. The first-order valence-electron chi connectivity index (χ1n) is 7.66.